The zero-order valence-corrected chi connectivity index (χ0v) is 14.5. The molecule has 6 heteroatoms. The maximum absolute atomic E-state index is 12.5. The van der Waals surface area contributed by atoms with Crippen LogP contribution in [0.15, 0.2) is 29.1 Å². The summed E-state index contributed by atoms with van der Waals surface area (Å²) in [4.78, 5) is 24.6. The fraction of sp³-hybridized carbons (Fsp3) is 0.556. The normalized spacial score (nSPS) is 20.5. The number of hydrogen-bond donors (Lipinski definition) is 0. The van der Waals surface area contributed by atoms with Crippen molar-refractivity contribution in [2.75, 3.05) is 50.7 Å². The maximum atomic E-state index is 12.5. The molecule has 2 fully saturated rings. The molecule has 0 unspecified atom stereocenters. The van der Waals surface area contributed by atoms with Gasteiger partial charge in [0.2, 0.25) is 5.95 Å². The smallest absolute Gasteiger partial charge is 0.262 e. The molecule has 1 aromatic carbocycles. The molecule has 0 aliphatic carbocycles. The van der Waals surface area contributed by atoms with E-state index in [0.717, 1.165) is 44.2 Å². The summed E-state index contributed by atoms with van der Waals surface area (Å²) in [6.45, 7) is 9.93. The standard InChI is InChI=1S/C18H25N5O/c1-3-21-8-10-22(11-9-21)14-12-23(13-14)18-19-16-7-5-4-6-15(16)17(24)20(18)2/h4-7,14H,3,8-13H2,1-2H3. The Morgan fingerprint density at radius 3 is 2.54 bits per heavy atom. The molecule has 0 bridgehead atoms. The Balaban J connectivity index is 1.48. The lowest BCUT2D eigenvalue weighted by Crippen LogP contribution is -2.64. The molecule has 2 aromatic rings. The first kappa shape index (κ1) is 15.6. The number of para-hydroxylation sites is 1. The SMILES string of the molecule is CCN1CCN(C2CN(c3nc4ccccc4c(=O)n3C)C2)CC1. The van der Waals surface area contributed by atoms with Crippen LogP contribution in [0.25, 0.3) is 10.9 Å². The molecule has 0 spiro atoms. The van der Waals surface area contributed by atoms with E-state index in [1.807, 2.05) is 31.3 Å². The van der Waals surface area contributed by atoms with Crippen molar-refractivity contribution in [3.63, 3.8) is 0 Å². The third-order valence-electron chi connectivity index (χ3n) is 5.48. The zero-order valence-electron chi connectivity index (χ0n) is 14.5. The minimum Gasteiger partial charge on any atom is -0.339 e. The Kier molecular flexibility index (Phi) is 4.02. The molecule has 2 aliphatic rings. The molecule has 3 heterocycles. The number of piperazine rings is 1. The van der Waals surface area contributed by atoms with E-state index in [9.17, 15) is 4.79 Å². The number of nitrogens with zero attached hydrogens (tertiary/aromatic N) is 5. The van der Waals surface area contributed by atoms with E-state index < -0.39 is 0 Å². The van der Waals surface area contributed by atoms with Gasteiger partial charge in [0.15, 0.2) is 0 Å². The highest BCUT2D eigenvalue weighted by Crippen LogP contribution is 2.23. The van der Waals surface area contributed by atoms with Crippen molar-refractivity contribution in [2.24, 2.45) is 7.05 Å². The number of hydrogen-bond acceptors (Lipinski definition) is 5. The monoisotopic (exact) mass is 327 g/mol. The van der Waals surface area contributed by atoms with Crippen molar-refractivity contribution in [1.29, 1.82) is 0 Å². The summed E-state index contributed by atoms with van der Waals surface area (Å²) >= 11 is 0. The first-order chi connectivity index (χ1) is 11.7. The summed E-state index contributed by atoms with van der Waals surface area (Å²) in [5.74, 6) is 0.794. The van der Waals surface area contributed by atoms with E-state index in [4.69, 9.17) is 4.98 Å². The van der Waals surface area contributed by atoms with Crippen molar-refractivity contribution < 1.29 is 0 Å². The third kappa shape index (κ3) is 2.59. The maximum Gasteiger partial charge on any atom is 0.262 e. The highest BCUT2D eigenvalue weighted by molar-refractivity contribution is 5.78. The first-order valence-corrected chi connectivity index (χ1v) is 8.84. The average Bonchev–Trinajstić information content (AvgIpc) is 2.58. The molecule has 1 aromatic heterocycles. The van der Waals surface area contributed by atoms with Crippen LogP contribution in [0.1, 0.15) is 6.92 Å². The first-order valence-electron chi connectivity index (χ1n) is 8.84. The molecule has 0 saturated carbocycles. The number of rotatable bonds is 3. The van der Waals surface area contributed by atoms with Crippen molar-refractivity contribution in [1.82, 2.24) is 19.4 Å². The largest absolute Gasteiger partial charge is 0.339 e. The van der Waals surface area contributed by atoms with E-state index in [-0.39, 0.29) is 5.56 Å². The van der Waals surface area contributed by atoms with Crippen LogP contribution in [0.4, 0.5) is 5.95 Å². The van der Waals surface area contributed by atoms with Gasteiger partial charge >= 0.3 is 0 Å². The molecular formula is C18H25N5O. The molecule has 2 saturated heterocycles. The average molecular weight is 327 g/mol. The lowest BCUT2D eigenvalue weighted by atomic mass is 10.1. The van der Waals surface area contributed by atoms with Crippen molar-refractivity contribution >= 4 is 16.9 Å². The summed E-state index contributed by atoms with van der Waals surface area (Å²) in [7, 11) is 1.82. The number of likely N-dealkylation sites (N-methyl/N-ethyl adjacent to an activating group) is 1. The van der Waals surface area contributed by atoms with Crippen LogP contribution in [0.5, 0.6) is 0 Å². The Labute approximate surface area is 142 Å². The van der Waals surface area contributed by atoms with Gasteiger partial charge in [-0.15, -0.1) is 0 Å². The van der Waals surface area contributed by atoms with Crippen LogP contribution in [-0.2, 0) is 7.05 Å². The van der Waals surface area contributed by atoms with Crippen LogP contribution in [0.3, 0.4) is 0 Å². The van der Waals surface area contributed by atoms with Gasteiger partial charge in [0.25, 0.3) is 5.56 Å². The lowest BCUT2D eigenvalue weighted by Gasteiger charge is -2.48. The molecule has 0 atom stereocenters. The van der Waals surface area contributed by atoms with E-state index >= 15 is 0 Å². The molecule has 0 N–H and O–H groups in total. The van der Waals surface area contributed by atoms with E-state index in [1.54, 1.807) is 4.57 Å². The molecule has 0 radical (unpaired) electrons. The summed E-state index contributed by atoms with van der Waals surface area (Å²) < 4.78 is 1.69. The molecule has 24 heavy (non-hydrogen) atoms. The van der Waals surface area contributed by atoms with Gasteiger partial charge in [0, 0.05) is 52.4 Å². The predicted octanol–water partition coefficient (Wildman–Crippen LogP) is 0.760. The van der Waals surface area contributed by atoms with Crippen LogP contribution in [-0.4, -0.2) is 71.2 Å². The molecule has 0 amide bonds. The van der Waals surface area contributed by atoms with E-state index in [0.29, 0.717) is 11.4 Å². The number of fused-ring (bicyclic) bond motifs is 1. The van der Waals surface area contributed by atoms with E-state index in [1.165, 1.54) is 13.1 Å². The number of aromatic nitrogens is 2. The molecule has 6 nitrogen and oxygen atoms in total. The van der Waals surface area contributed by atoms with Gasteiger partial charge in [0.05, 0.1) is 10.9 Å². The fourth-order valence-corrected chi connectivity index (χ4v) is 3.78. The summed E-state index contributed by atoms with van der Waals surface area (Å²) in [6.07, 6.45) is 0. The van der Waals surface area contributed by atoms with Crippen LogP contribution in [0.2, 0.25) is 0 Å². The Bertz CT molecular complexity index is 788. The Hall–Kier alpha value is -1.92. The second-order valence-corrected chi connectivity index (χ2v) is 6.82. The minimum absolute atomic E-state index is 0.0376. The molecule has 2 aliphatic heterocycles. The Morgan fingerprint density at radius 1 is 1.12 bits per heavy atom. The van der Waals surface area contributed by atoms with Crippen molar-refractivity contribution in [3.05, 3.63) is 34.6 Å². The van der Waals surface area contributed by atoms with Gasteiger partial charge in [-0.1, -0.05) is 19.1 Å². The van der Waals surface area contributed by atoms with Crippen molar-refractivity contribution in [2.45, 2.75) is 13.0 Å². The fourth-order valence-electron chi connectivity index (χ4n) is 3.78. The van der Waals surface area contributed by atoms with Gasteiger partial charge in [-0.05, 0) is 18.7 Å². The topological polar surface area (TPSA) is 44.6 Å². The number of anilines is 1. The second-order valence-electron chi connectivity index (χ2n) is 6.82. The van der Waals surface area contributed by atoms with Crippen molar-refractivity contribution in [3.8, 4) is 0 Å². The van der Waals surface area contributed by atoms with Gasteiger partial charge in [-0.2, -0.15) is 0 Å². The van der Waals surface area contributed by atoms with Gasteiger partial charge in [-0.3, -0.25) is 14.3 Å². The zero-order chi connectivity index (χ0) is 16.7. The Morgan fingerprint density at radius 2 is 1.83 bits per heavy atom. The third-order valence-corrected chi connectivity index (χ3v) is 5.48. The summed E-state index contributed by atoms with van der Waals surface area (Å²) in [6, 6.07) is 8.18. The molecular weight excluding hydrogens is 302 g/mol. The highest BCUT2D eigenvalue weighted by atomic mass is 16.1. The van der Waals surface area contributed by atoms with Crippen LogP contribution in [0, 0.1) is 0 Å². The number of benzene rings is 1. The van der Waals surface area contributed by atoms with Crippen LogP contribution >= 0.6 is 0 Å². The summed E-state index contributed by atoms with van der Waals surface area (Å²) in [5.41, 5.74) is 0.825. The van der Waals surface area contributed by atoms with Gasteiger partial charge in [-0.25, -0.2) is 4.98 Å². The minimum atomic E-state index is 0.0376. The van der Waals surface area contributed by atoms with Crippen LogP contribution < -0.4 is 10.5 Å². The van der Waals surface area contributed by atoms with Gasteiger partial charge < -0.3 is 9.80 Å². The summed E-state index contributed by atoms with van der Waals surface area (Å²) in [5, 5.41) is 0.691. The van der Waals surface area contributed by atoms with E-state index in [2.05, 4.69) is 21.6 Å². The second kappa shape index (κ2) is 6.18. The predicted molar refractivity (Wildman–Crippen MR) is 96.7 cm³/mol. The van der Waals surface area contributed by atoms with Gasteiger partial charge in [0.1, 0.15) is 0 Å². The molecule has 128 valence electrons. The lowest BCUT2D eigenvalue weighted by molar-refractivity contribution is 0.0854. The quantitative estimate of drug-likeness (QED) is 0.833. The molecule has 4 rings (SSSR count). The highest BCUT2D eigenvalue weighted by Gasteiger charge is 2.35.